The van der Waals surface area contributed by atoms with Gasteiger partial charge >= 0.3 is 0 Å². The van der Waals surface area contributed by atoms with Crippen molar-refractivity contribution in [2.75, 3.05) is 0 Å². The molecule has 0 radical (unpaired) electrons. The molecule has 0 unspecified atom stereocenters. The minimum absolute atomic E-state index is 0.680. The number of rotatable bonds is 6. The van der Waals surface area contributed by atoms with Gasteiger partial charge in [-0.25, -0.2) is 0 Å². The van der Waals surface area contributed by atoms with E-state index in [1.165, 1.54) is 0 Å². The van der Waals surface area contributed by atoms with E-state index in [1.54, 1.807) is 26.0 Å². The Hall–Kier alpha value is -2.66. The third-order valence-electron chi connectivity index (χ3n) is 2.49. The third-order valence-corrected chi connectivity index (χ3v) is 2.49. The first-order valence-corrected chi connectivity index (χ1v) is 6.94. The molecule has 2 nitrogen and oxygen atoms in total. The predicted molar refractivity (Wildman–Crippen MR) is 93.2 cm³/mol. The lowest BCUT2D eigenvalue weighted by Crippen LogP contribution is -1.73. The van der Waals surface area contributed by atoms with E-state index < -0.39 is 0 Å². The standard InChI is InChI=1S/C20H22O2/c1-17(11-7-13-19(3)15-21)9-5-6-10-18(2)12-8-14-20(4)16-22/h7-16H,1-4H3. The van der Waals surface area contributed by atoms with Crippen LogP contribution in [0.2, 0.25) is 0 Å². The van der Waals surface area contributed by atoms with Gasteiger partial charge in [0.2, 0.25) is 0 Å². The molecular formula is C20H22O2. The molecule has 0 atom stereocenters. The minimum atomic E-state index is 0.680. The topological polar surface area (TPSA) is 34.1 Å². The summed E-state index contributed by atoms with van der Waals surface area (Å²) in [5.74, 6) is 5.89. The molecule has 2 heteroatoms. The zero-order valence-electron chi connectivity index (χ0n) is 13.6. The Kier molecular flexibility index (Phi) is 10.6. The average Bonchev–Trinajstić information content (AvgIpc) is 2.51. The Morgan fingerprint density at radius 1 is 0.636 bits per heavy atom. The second kappa shape index (κ2) is 12.1. The third kappa shape index (κ3) is 11.2. The van der Waals surface area contributed by atoms with Crippen LogP contribution >= 0.6 is 0 Å². The molecule has 0 aromatic rings. The highest BCUT2D eigenvalue weighted by Gasteiger charge is 1.81. The van der Waals surface area contributed by atoms with Crippen molar-refractivity contribution >= 4 is 12.6 Å². The van der Waals surface area contributed by atoms with Crippen LogP contribution in [-0.4, -0.2) is 12.6 Å². The first kappa shape index (κ1) is 19.3. The number of allylic oxidation sites excluding steroid dienone is 12. The molecule has 0 saturated carbocycles. The molecule has 0 aliphatic rings. The first-order valence-electron chi connectivity index (χ1n) is 6.94. The summed E-state index contributed by atoms with van der Waals surface area (Å²) in [6, 6.07) is 0. The van der Waals surface area contributed by atoms with Crippen molar-refractivity contribution in [1.82, 2.24) is 0 Å². The highest BCUT2D eigenvalue weighted by Crippen LogP contribution is 1.97. The molecule has 0 fully saturated rings. The van der Waals surface area contributed by atoms with Crippen molar-refractivity contribution < 1.29 is 9.59 Å². The maximum absolute atomic E-state index is 10.4. The lowest BCUT2D eigenvalue weighted by Gasteiger charge is -1.87. The summed E-state index contributed by atoms with van der Waals surface area (Å²) >= 11 is 0. The van der Waals surface area contributed by atoms with Gasteiger partial charge < -0.3 is 0 Å². The highest BCUT2D eigenvalue weighted by atomic mass is 16.1. The van der Waals surface area contributed by atoms with Gasteiger partial charge in [-0.1, -0.05) is 48.3 Å². The largest absolute Gasteiger partial charge is 0.298 e. The van der Waals surface area contributed by atoms with E-state index in [4.69, 9.17) is 0 Å². The van der Waals surface area contributed by atoms with Crippen LogP contribution in [0.25, 0.3) is 0 Å². The maximum atomic E-state index is 10.4. The second-order valence-corrected chi connectivity index (χ2v) is 4.84. The molecular weight excluding hydrogens is 272 g/mol. The molecule has 0 amide bonds. The molecule has 0 aromatic heterocycles. The van der Waals surface area contributed by atoms with Crippen molar-refractivity contribution in [2.24, 2.45) is 0 Å². The summed E-state index contributed by atoms with van der Waals surface area (Å²) in [6.45, 7) is 7.39. The minimum Gasteiger partial charge on any atom is -0.298 e. The zero-order valence-corrected chi connectivity index (χ0v) is 13.6. The number of hydrogen-bond donors (Lipinski definition) is 0. The Labute approximate surface area is 133 Å². The summed E-state index contributed by atoms with van der Waals surface area (Å²) in [5.41, 5.74) is 3.38. The maximum Gasteiger partial charge on any atom is 0.145 e. The van der Waals surface area contributed by atoms with Gasteiger partial charge in [-0.05, 0) is 62.1 Å². The van der Waals surface area contributed by atoms with E-state index >= 15 is 0 Å². The SMILES string of the molecule is CC(C=CC=C(C)C=O)=CC#CC=C(C)C=CC=C(C)C=O. The van der Waals surface area contributed by atoms with Crippen molar-refractivity contribution in [3.8, 4) is 11.8 Å². The summed E-state index contributed by atoms with van der Waals surface area (Å²) < 4.78 is 0. The van der Waals surface area contributed by atoms with Crippen molar-refractivity contribution in [1.29, 1.82) is 0 Å². The smallest absolute Gasteiger partial charge is 0.145 e. The van der Waals surface area contributed by atoms with E-state index in [9.17, 15) is 9.59 Å². The van der Waals surface area contributed by atoms with Crippen LogP contribution in [0, 0.1) is 11.8 Å². The van der Waals surface area contributed by atoms with Gasteiger partial charge in [0, 0.05) is 0 Å². The Morgan fingerprint density at radius 3 is 1.32 bits per heavy atom. The van der Waals surface area contributed by atoms with Gasteiger partial charge in [0.1, 0.15) is 12.6 Å². The molecule has 0 spiro atoms. The van der Waals surface area contributed by atoms with Crippen LogP contribution in [0.15, 0.2) is 70.9 Å². The van der Waals surface area contributed by atoms with Crippen LogP contribution in [0.1, 0.15) is 27.7 Å². The number of carbonyl (C=O) groups is 2. The van der Waals surface area contributed by atoms with Crippen molar-refractivity contribution in [2.45, 2.75) is 27.7 Å². The van der Waals surface area contributed by atoms with Gasteiger partial charge in [-0.3, -0.25) is 9.59 Å². The Balaban J connectivity index is 4.62. The molecule has 0 bridgehead atoms. The van der Waals surface area contributed by atoms with Crippen LogP contribution in [0.3, 0.4) is 0 Å². The molecule has 22 heavy (non-hydrogen) atoms. The first-order chi connectivity index (χ1) is 10.5. The summed E-state index contributed by atoms with van der Waals surface area (Å²) in [7, 11) is 0. The zero-order chi connectivity index (χ0) is 16.8. The second-order valence-electron chi connectivity index (χ2n) is 4.84. The molecule has 0 aliphatic carbocycles. The monoisotopic (exact) mass is 294 g/mol. The molecule has 0 saturated heterocycles. The van der Waals surface area contributed by atoms with Gasteiger partial charge in [-0.15, -0.1) is 0 Å². The molecule has 114 valence electrons. The van der Waals surface area contributed by atoms with E-state index in [2.05, 4.69) is 11.8 Å². The van der Waals surface area contributed by atoms with Crippen molar-refractivity contribution in [3.05, 3.63) is 70.9 Å². The van der Waals surface area contributed by atoms with Gasteiger partial charge in [0.15, 0.2) is 0 Å². The van der Waals surface area contributed by atoms with Crippen LogP contribution in [-0.2, 0) is 9.59 Å². The average molecular weight is 294 g/mol. The van der Waals surface area contributed by atoms with E-state index in [-0.39, 0.29) is 0 Å². The van der Waals surface area contributed by atoms with Gasteiger partial charge in [0.25, 0.3) is 0 Å². The molecule has 0 N–H and O–H groups in total. The molecule has 0 aliphatic heterocycles. The van der Waals surface area contributed by atoms with Crippen LogP contribution in [0.4, 0.5) is 0 Å². The van der Waals surface area contributed by atoms with E-state index in [0.29, 0.717) is 11.1 Å². The number of carbonyl (C=O) groups excluding carboxylic acids is 2. The Bertz CT molecular complexity index is 570. The number of hydrogen-bond acceptors (Lipinski definition) is 2. The molecule has 0 heterocycles. The fourth-order valence-corrected chi connectivity index (χ4v) is 1.19. The lowest BCUT2D eigenvalue weighted by atomic mass is 10.2. The Morgan fingerprint density at radius 2 is 1.00 bits per heavy atom. The van der Waals surface area contributed by atoms with Crippen molar-refractivity contribution in [3.63, 3.8) is 0 Å². The van der Waals surface area contributed by atoms with Crippen LogP contribution < -0.4 is 0 Å². The number of aldehydes is 2. The summed E-state index contributed by atoms with van der Waals surface area (Å²) in [5, 5.41) is 0. The quantitative estimate of drug-likeness (QED) is 0.317. The van der Waals surface area contributed by atoms with E-state index in [1.807, 2.05) is 50.3 Å². The summed E-state index contributed by atoms with van der Waals surface area (Å²) in [4.78, 5) is 20.8. The highest BCUT2D eigenvalue weighted by molar-refractivity contribution is 5.73. The van der Waals surface area contributed by atoms with Gasteiger partial charge in [0.05, 0.1) is 0 Å². The van der Waals surface area contributed by atoms with E-state index in [0.717, 1.165) is 23.7 Å². The normalized spacial score (nSPS) is 14.2. The molecule has 0 rings (SSSR count). The fraction of sp³-hybridized carbons (Fsp3) is 0.200. The van der Waals surface area contributed by atoms with Crippen LogP contribution in [0.5, 0.6) is 0 Å². The predicted octanol–water partition coefficient (Wildman–Crippen LogP) is 4.29. The lowest BCUT2D eigenvalue weighted by molar-refractivity contribution is -0.105. The fourth-order valence-electron chi connectivity index (χ4n) is 1.19. The summed E-state index contributed by atoms with van der Waals surface area (Å²) in [6.07, 6.45) is 16.2. The van der Waals surface area contributed by atoms with Gasteiger partial charge in [-0.2, -0.15) is 0 Å². The molecule has 0 aromatic carbocycles.